The molecular weight excluding hydrogens is 342 g/mol. The fourth-order valence-corrected chi connectivity index (χ4v) is 3.19. The van der Waals surface area contributed by atoms with E-state index < -0.39 is 0 Å². The summed E-state index contributed by atoms with van der Waals surface area (Å²) in [6.07, 6.45) is 0. The molecule has 0 aromatic heterocycles. The fraction of sp³-hybridized carbons (Fsp3) is 0.240. The molecule has 0 unspecified atom stereocenters. The summed E-state index contributed by atoms with van der Waals surface area (Å²) in [6, 6.07) is 26.0. The van der Waals surface area contributed by atoms with Crippen LogP contribution >= 0.6 is 0 Å². The van der Waals surface area contributed by atoms with Gasteiger partial charge in [0, 0.05) is 58.3 Å². The molecule has 28 heavy (non-hydrogen) atoms. The van der Waals surface area contributed by atoms with Crippen LogP contribution in [0, 0.1) is 6.92 Å². The summed E-state index contributed by atoms with van der Waals surface area (Å²) in [7, 11) is 8.27. The van der Waals surface area contributed by atoms with Gasteiger partial charge >= 0.3 is 0 Å². The predicted molar refractivity (Wildman–Crippen MR) is 122 cm³/mol. The lowest BCUT2D eigenvalue weighted by Crippen LogP contribution is -2.22. The number of hydrogen-bond acceptors (Lipinski definition) is 3. The molecule has 0 saturated heterocycles. The smallest absolute Gasteiger partial charge is 0.0433 e. The Morgan fingerprint density at radius 3 is 1.25 bits per heavy atom. The maximum absolute atomic E-state index is 4.01. The number of nitrogens with zero attached hydrogens (tertiary/aromatic N) is 3. The summed E-state index contributed by atoms with van der Waals surface area (Å²) < 4.78 is 0. The quantitative estimate of drug-likeness (QED) is 0.564. The molecule has 3 aromatic rings. The zero-order valence-electron chi connectivity index (χ0n) is 17.4. The van der Waals surface area contributed by atoms with Crippen LogP contribution in [0.3, 0.4) is 0 Å². The molecule has 0 aliphatic rings. The molecule has 145 valence electrons. The molecule has 0 heterocycles. The lowest BCUT2D eigenvalue weighted by atomic mass is 10.1. The molecule has 3 aromatic carbocycles. The van der Waals surface area contributed by atoms with E-state index >= 15 is 0 Å². The average molecular weight is 373 g/mol. The van der Waals surface area contributed by atoms with E-state index in [2.05, 4.69) is 123 Å². The minimum Gasteiger partial charge on any atom is -0.378 e. The highest BCUT2D eigenvalue weighted by molar-refractivity contribution is 5.52. The molecule has 0 saturated carbocycles. The zero-order valence-corrected chi connectivity index (χ0v) is 17.4. The first-order valence-electron chi connectivity index (χ1n) is 9.62. The van der Waals surface area contributed by atoms with E-state index in [1.54, 1.807) is 0 Å². The fourth-order valence-electron chi connectivity index (χ4n) is 3.19. The standard InChI is InChI=1S/C25H30N3/c1-20-6-12-25(13-7-20)28(18-21-8-14-23(15-9-21)26(2)3)19-22-10-16-24(17-11-22)27(4)5/h6-17H,1,18-19H2,2-5H3. The molecule has 0 bridgehead atoms. The van der Waals surface area contributed by atoms with Gasteiger partial charge in [-0.15, -0.1) is 0 Å². The minimum atomic E-state index is 0.861. The van der Waals surface area contributed by atoms with Crippen molar-refractivity contribution in [3.63, 3.8) is 0 Å². The Hall–Kier alpha value is -2.94. The van der Waals surface area contributed by atoms with Crippen LogP contribution < -0.4 is 14.7 Å². The lowest BCUT2D eigenvalue weighted by Gasteiger charge is -2.26. The van der Waals surface area contributed by atoms with E-state index in [0.717, 1.165) is 18.7 Å². The van der Waals surface area contributed by atoms with Gasteiger partial charge in [0.05, 0.1) is 0 Å². The van der Waals surface area contributed by atoms with Crippen molar-refractivity contribution in [1.82, 2.24) is 0 Å². The Kier molecular flexibility index (Phi) is 6.25. The van der Waals surface area contributed by atoms with E-state index in [1.165, 1.54) is 28.2 Å². The minimum absolute atomic E-state index is 0.861. The summed E-state index contributed by atoms with van der Waals surface area (Å²) in [6.45, 7) is 5.74. The number of rotatable bonds is 7. The Balaban J connectivity index is 1.83. The summed E-state index contributed by atoms with van der Waals surface area (Å²) in [5.41, 5.74) is 7.28. The van der Waals surface area contributed by atoms with Crippen molar-refractivity contribution in [2.75, 3.05) is 42.9 Å². The van der Waals surface area contributed by atoms with Gasteiger partial charge in [-0.2, -0.15) is 0 Å². The van der Waals surface area contributed by atoms with Crippen molar-refractivity contribution in [2.24, 2.45) is 0 Å². The average Bonchev–Trinajstić information content (AvgIpc) is 2.69. The van der Waals surface area contributed by atoms with Gasteiger partial charge < -0.3 is 14.7 Å². The van der Waals surface area contributed by atoms with Crippen molar-refractivity contribution >= 4 is 17.1 Å². The van der Waals surface area contributed by atoms with Gasteiger partial charge in [-0.25, -0.2) is 0 Å². The molecule has 0 atom stereocenters. The monoisotopic (exact) mass is 372 g/mol. The van der Waals surface area contributed by atoms with Gasteiger partial charge in [-0.05, 0) is 60.0 Å². The predicted octanol–water partition coefficient (Wildman–Crippen LogP) is 5.21. The second-order valence-electron chi connectivity index (χ2n) is 7.64. The highest BCUT2D eigenvalue weighted by Gasteiger charge is 2.10. The van der Waals surface area contributed by atoms with Crippen LogP contribution in [0.5, 0.6) is 0 Å². The van der Waals surface area contributed by atoms with Crippen LogP contribution in [0.25, 0.3) is 0 Å². The normalized spacial score (nSPS) is 10.6. The second-order valence-corrected chi connectivity index (χ2v) is 7.64. The third-order valence-electron chi connectivity index (χ3n) is 4.95. The van der Waals surface area contributed by atoms with Gasteiger partial charge in [-0.1, -0.05) is 36.4 Å². The van der Waals surface area contributed by atoms with Crippen LogP contribution in [0.4, 0.5) is 17.1 Å². The van der Waals surface area contributed by atoms with Crippen LogP contribution in [0.15, 0.2) is 72.8 Å². The van der Waals surface area contributed by atoms with Gasteiger partial charge in [0.2, 0.25) is 0 Å². The molecular formula is C25H30N3. The highest BCUT2D eigenvalue weighted by Crippen LogP contribution is 2.23. The first-order valence-corrected chi connectivity index (χ1v) is 9.62. The maximum Gasteiger partial charge on any atom is 0.0433 e. The Bertz CT molecular complexity index is 810. The first-order chi connectivity index (χ1) is 13.4. The Morgan fingerprint density at radius 2 is 0.893 bits per heavy atom. The van der Waals surface area contributed by atoms with Crippen LogP contribution in [0.1, 0.15) is 16.7 Å². The topological polar surface area (TPSA) is 9.72 Å². The Labute approximate surface area is 169 Å². The molecule has 3 rings (SSSR count). The second kappa shape index (κ2) is 8.83. The van der Waals surface area contributed by atoms with E-state index in [0.29, 0.717) is 0 Å². The molecule has 3 heteroatoms. The van der Waals surface area contributed by atoms with Crippen molar-refractivity contribution in [1.29, 1.82) is 0 Å². The van der Waals surface area contributed by atoms with Crippen molar-refractivity contribution in [3.8, 4) is 0 Å². The summed E-state index contributed by atoms with van der Waals surface area (Å²) in [5.74, 6) is 0. The lowest BCUT2D eigenvalue weighted by molar-refractivity contribution is 0.799. The van der Waals surface area contributed by atoms with Crippen molar-refractivity contribution in [3.05, 3.63) is 96.4 Å². The molecule has 0 aliphatic heterocycles. The summed E-state index contributed by atoms with van der Waals surface area (Å²) in [4.78, 5) is 6.66. The van der Waals surface area contributed by atoms with E-state index in [4.69, 9.17) is 0 Å². The zero-order chi connectivity index (χ0) is 20.1. The van der Waals surface area contributed by atoms with Crippen LogP contribution in [-0.4, -0.2) is 28.2 Å². The van der Waals surface area contributed by atoms with Gasteiger partial charge in [-0.3, -0.25) is 0 Å². The molecule has 0 aliphatic carbocycles. The van der Waals surface area contributed by atoms with E-state index in [-0.39, 0.29) is 0 Å². The maximum atomic E-state index is 4.01. The van der Waals surface area contributed by atoms with Gasteiger partial charge in [0.1, 0.15) is 0 Å². The molecule has 0 fully saturated rings. The molecule has 3 nitrogen and oxygen atoms in total. The third-order valence-corrected chi connectivity index (χ3v) is 4.95. The first kappa shape index (κ1) is 19.8. The van der Waals surface area contributed by atoms with Gasteiger partial charge in [0.15, 0.2) is 0 Å². The molecule has 0 N–H and O–H groups in total. The summed E-state index contributed by atoms with van der Waals surface area (Å²) >= 11 is 0. The molecule has 1 radical (unpaired) electrons. The number of benzene rings is 3. The Morgan fingerprint density at radius 1 is 0.536 bits per heavy atom. The van der Waals surface area contributed by atoms with Crippen LogP contribution in [-0.2, 0) is 13.1 Å². The highest BCUT2D eigenvalue weighted by atomic mass is 15.1. The summed E-state index contributed by atoms with van der Waals surface area (Å²) in [5, 5.41) is 0. The van der Waals surface area contributed by atoms with E-state index in [9.17, 15) is 0 Å². The van der Waals surface area contributed by atoms with E-state index in [1.807, 2.05) is 0 Å². The molecule has 0 spiro atoms. The third kappa shape index (κ3) is 5.07. The molecule has 0 amide bonds. The number of anilines is 3. The van der Waals surface area contributed by atoms with Crippen LogP contribution in [0.2, 0.25) is 0 Å². The largest absolute Gasteiger partial charge is 0.378 e. The van der Waals surface area contributed by atoms with Crippen molar-refractivity contribution < 1.29 is 0 Å². The van der Waals surface area contributed by atoms with Crippen molar-refractivity contribution in [2.45, 2.75) is 13.1 Å². The SMILES string of the molecule is [CH2]c1ccc(N(Cc2ccc(N(C)C)cc2)Cc2ccc(N(C)C)cc2)cc1. The van der Waals surface area contributed by atoms with Gasteiger partial charge in [0.25, 0.3) is 0 Å². The number of hydrogen-bond donors (Lipinski definition) is 0.